The van der Waals surface area contributed by atoms with E-state index >= 15 is 0 Å². The number of amides is 2. The minimum atomic E-state index is -0.368. The molecule has 0 saturated heterocycles. The van der Waals surface area contributed by atoms with E-state index < -0.39 is 0 Å². The third-order valence-electron chi connectivity index (χ3n) is 3.59. The van der Waals surface area contributed by atoms with Gasteiger partial charge in [0.2, 0.25) is 5.91 Å². The van der Waals surface area contributed by atoms with Crippen molar-refractivity contribution < 1.29 is 19.1 Å². The summed E-state index contributed by atoms with van der Waals surface area (Å²) in [6, 6.07) is 10.2. The highest BCUT2D eigenvalue weighted by Crippen LogP contribution is 2.36. The Kier molecular flexibility index (Phi) is 6.25. The number of carbonyl (C=O) groups is 2. The molecule has 0 fully saturated rings. The first-order valence-electron chi connectivity index (χ1n) is 7.51. The van der Waals surface area contributed by atoms with Crippen molar-refractivity contribution in [3.8, 4) is 11.5 Å². The molecular formula is C18H19ClN2O4. The van der Waals surface area contributed by atoms with Gasteiger partial charge < -0.3 is 20.1 Å². The van der Waals surface area contributed by atoms with Gasteiger partial charge in [0.05, 0.1) is 25.7 Å². The maximum absolute atomic E-state index is 12.6. The standard InChI is InChI=1S/C18H19ClN2O4/c1-20-16(22)10-11-6-4-5-7-14(11)21-18(23)12-8-13(19)17(25-3)15(9-12)24-2/h4-9H,10H2,1-3H3,(H,20,22)(H,21,23). The van der Waals surface area contributed by atoms with Crippen molar-refractivity contribution in [1.29, 1.82) is 0 Å². The number of methoxy groups -OCH3 is 2. The fourth-order valence-electron chi connectivity index (χ4n) is 2.30. The number of anilines is 1. The third kappa shape index (κ3) is 4.42. The van der Waals surface area contributed by atoms with Crippen molar-refractivity contribution in [3.63, 3.8) is 0 Å². The molecule has 7 heteroatoms. The number of benzene rings is 2. The van der Waals surface area contributed by atoms with Crippen LogP contribution < -0.4 is 20.1 Å². The van der Waals surface area contributed by atoms with Crippen LogP contribution in [0.2, 0.25) is 5.02 Å². The monoisotopic (exact) mass is 362 g/mol. The molecule has 0 aliphatic heterocycles. The fourth-order valence-corrected chi connectivity index (χ4v) is 2.59. The van der Waals surface area contributed by atoms with E-state index in [1.54, 1.807) is 37.4 Å². The molecule has 6 nitrogen and oxygen atoms in total. The van der Waals surface area contributed by atoms with E-state index in [0.717, 1.165) is 0 Å². The van der Waals surface area contributed by atoms with Crippen LogP contribution in [0, 0.1) is 0 Å². The third-order valence-corrected chi connectivity index (χ3v) is 3.87. The SMILES string of the molecule is CNC(=O)Cc1ccccc1NC(=O)c1cc(Cl)c(OC)c(OC)c1. The van der Waals surface area contributed by atoms with Crippen LogP contribution in [0.15, 0.2) is 36.4 Å². The molecule has 0 unspecified atom stereocenters. The van der Waals surface area contributed by atoms with Gasteiger partial charge in [-0.3, -0.25) is 9.59 Å². The second-order valence-corrected chi connectivity index (χ2v) is 5.56. The normalized spacial score (nSPS) is 10.1. The summed E-state index contributed by atoms with van der Waals surface area (Å²) in [5.41, 5.74) is 1.58. The molecule has 0 radical (unpaired) electrons. The number of hydrogen-bond acceptors (Lipinski definition) is 4. The average molecular weight is 363 g/mol. The minimum absolute atomic E-state index is 0.143. The zero-order valence-corrected chi connectivity index (χ0v) is 14.9. The second kappa shape index (κ2) is 8.39. The fraction of sp³-hybridized carbons (Fsp3) is 0.222. The van der Waals surface area contributed by atoms with Crippen molar-refractivity contribution in [1.82, 2.24) is 5.32 Å². The Bertz CT molecular complexity index is 793. The van der Waals surface area contributed by atoms with E-state index in [1.165, 1.54) is 20.3 Å². The first kappa shape index (κ1) is 18.6. The zero-order valence-electron chi connectivity index (χ0n) is 14.2. The van der Waals surface area contributed by atoms with Crippen LogP contribution in [0.3, 0.4) is 0 Å². The Morgan fingerprint density at radius 3 is 2.48 bits per heavy atom. The molecule has 0 aromatic heterocycles. The number of carbonyl (C=O) groups excluding carboxylic acids is 2. The number of halogens is 1. The molecule has 0 spiro atoms. The molecule has 132 valence electrons. The summed E-state index contributed by atoms with van der Waals surface area (Å²) >= 11 is 6.14. The van der Waals surface area contributed by atoms with Crippen molar-refractivity contribution in [2.24, 2.45) is 0 Å². The van der Waals surface area contributed by atoms with Crippen LogP contribution >= 0.6 is 11.6 Å². The van der Waals surface area contributed by atoms with Gasteiger partial charge in [0.1, 0.15) is 0 Å². The Morgan fingerprint density at radius 1 is 1.12 bits per heavy atom. The van der Waals surface area contributed by atoms with Crippen molar-refractivity contribution in [3.05, 3.63) is 52.5 Å². The van der Waals surface area contributed by atoms with Gasteiger partial charge in [0, 0.05) is 18.3 Å². The lowest BCUT2D eigenvalue weighted by molar-refractivity contribution is -0.119. The van der Waals surface area contributed by atoms with Crippen molar-refractivity contribution in [2.45, 2.75) is 6.42 Å². The highest BCUT2D eigenvalue weighted by Gasteiger charge is 2.16. The van der Waals surface area contributed by atoms with Gasteiger partial charge in [-0.05, 0) is 23.8 Å². The molecule has 0 heterocycles. The number of hydrogen-bond donors (Lipinski definition) is 2. The second-order valence-electron chi connectivity index (χ2n) is 5.15. The van der Waals surface area contributed by atoms with Gasteiger partial charge in [0.15, 0.2) is 11.5 Å². The van der Waals surface area contributed by atoms with Crippen molar-refractivity contribution in [2.75, 3.05) is 26.6 Å². The highest BCUT2D eigenvalue weighted by atomic mass is 35.5. The molecule has 25 heavy (non-hydrogen) atoms. The van der Waals surface area contributed by atoms with E-state index in [-0.39, 0.29) is 23.3 Å². The molecule has 0 bridgehead atoms. The molecule has 2 aromatic rings. The van der Waals surface area contributed by atoms with Crippen LogP contribution in [0.1, 0.15) is 15.9 Å². The summed E-state index contributed by atoms with van der Waals surface area (Å²) in [5.74, 6) is 0.211. The molecule has 2 amide bonds. The van der Waals surface area contributed by atoms with E-state index in [0.29, 0.717) is 28.3 Å². The van der Waals surface area contributed by atoms with Gasteiger partial charge in [-0.25, -0.2) is 0 Å². The molecule has 0 aliphatic carbocycles. The first-order chi connectivity index (χ1) is 12.0. The highest BCUT2D eigenvalue weighted by molar-refractivity contribution is 6.32. The van der Waals surface area contributed by atoms with Gasteiger partial charge >= 0.3 is 0 Å². The maximum atomic E-state index is 12.6. The number of para-hydroxylation sites is 1. The molecule has 0 atom stereocenters. The molecule has 2 rings (SSSR count). The largest absolute Gasteiger partial charge is 0.493 e. The minimum Gasteiger partial charge on any atom is -0.493 e. The summed E-state index contributed by atoms with van der Waals surface area (Å²) in [7, 11) is 4.50. The summed E-state index contributed by atoms with van der Waals surface area (Å²) in [5, 5.41) is 5.63. The molecular weight excluding hydrogens is 344 g/mol. The molecule has 2 N–H and O–H groups in total. The first-order valence-corrected chi connectivity index (χ1v) is 7.89. The van der Waals surface area contributed by atoms with E-state index in [9.17, 15) is 9.59 Å². The Hall–Kier alpha value is -2.73. The van der Waals surface area contributed by atoms with Gasteiger partial charge in [-0.1, -0.05) is 29.8 Å². The lowest BCUT2D eigenvalue weighted by atomic mass is 10.1. The quantitative estimate of drug-likeness (QED) is 0.828. The van der Waals surface area contributed by atoms with Crippen LogP contribution in [0.25, 0.3) is 0 Å². The predicted molar refractivity (Wildman–Crippen MR) is 96.7 cm³/mol. The number of nitrogens with one attached hydrogen (secondary N) is 2. The Morgan fingerprint density at radius 2 is 1.84 bits per heavy atom. The number of likely N-dealkylation sites (N-methyl/N-ethyl adjacent to an activating group) is 1. The summed E-state index contributed by atoms with van der Waals surface area (Å²) in [4.78, 5) is 24.2. The Labute approximate surface area is 151 Å². The van der Waals surface area contributed by atoms with Crippen LogP contribution in [-0.2, 0) is 11.2 Å². The molecule has 0 saturated carbocycles. The van der Waals surface area contributed by atoms with Crippen molar-refractivity contribution >= 4 is 29.1 Å². The zero-order chi connectivity index (χ0) is 18.4. The average Bonchev–Trinajstić information content (AvgIpc) is 2.62. The molecule has 2 aromatic carbocycles. The Balaban J connectivity index is 2.29. The maximum Gasteiger partial charge on any atom is 0.255 e. The molecule has 0 aliphatic rings. The van der Waals surface area contributed by atoms with Crippen LogP contribution in [0.5, 0.6) is 11.5 Å². The van der Waals surface area contributed by atoms with Crippen LogP contribution in [-0.4, -0.2) is 33.1 Å². The smallest absolute Gasteiger partial charge is 0.255 e. The summed E-state index contributed by atoms with van der Waals surface area (Å²) < 4.78 is 10.4. The van der Waals surface area contributed by atoms with Gasteiger partial charge in [0.25, 0.3) is 5.91 Å². The topological polar surface area (TPSA) is 76.7 Å². The van der Waals surface area contributed by atoms with E-state index in [4.69, 9.17) is 21.1 Å². The predicted octanol–water partition coefficient (Wildman–Crippen LogP) is 2.90. The van der Waals surface area contributed by atoms with Gasteiger partial charge in [-0.2, -0.15) is 0 Å². The summed E-state index contributed by atoms with van der Waals surface area (Å²) in [6.07, 6.45) is 0.166. The van der Waals surface area contributed by atoms with Gasteiger partial charge in [-0.15, -0.1) is 0 Å². The lowest BCUT2D eigenvalue weighted by Crippen LogP contribution is -2.21. The van der Waals surface area contributed by atoms with Crippen LogP contribution in [0.4, 0.5) is 5.69 Å². The number of rotatable bonds is 6. The van der Waals surface area contributed by atoms with E-state index in [1.807, 2.05) is 0 Å². The summed E-state index contributed by atoms with van der Waals surface area (Å²) in [6.45, 7) is 0. The van der Waals surface area contributed by atoms with E-state index in [2.05, 4.69) is 10.6 Å². The lowest BCUT2D eigenvalue weighted by Gasteiger charge is -2.13. The number of ether oxygens (including phenoxy) is 2.